The van der Waals surface area contributed by atoms with E-state index in [1.54, 1.807) is 33.5 Å². The fraction of sp³-hybridized carbons (Fsp3) is 0.267. The normalized spacial score (nSPS) is 20.5. The number of carbonyl (C=O) groups is 1. The molecule has 1 aliphatic carbocycles. The second-order valence-electron chi connectivity index (χ2n) is 5.47. The van der Waals surface area contributed by atoms with Gasteiger partial charge in [-0.15, -0.1) is 11.3 Å². The van der Waals surface area contributed by atoms with E-state index in [2.05, 4.69) is 9.97 Å². The number of alkyl halides is 1. The molecule has 0 unspecified atom stereocenters. The van der Waals surface area contributed by atoms with Crippen molar-refractivity contribution in [2.45, 2.75) is 19.5 Å². The first kappa shape index (κ1) is 13.4. The zero-order valence-corrected chi connectivity index (χ0v) is 12.6. The summed E-state index contributed by atoms with van der Waals surface area (Å²) in [5, 5.41) is 0. The second kappa shape index (κ2) is 4.61. The predicted molar refractivity (Wildman–Crippen MR) is 82.8 cm³/mol. The fourth-order valence-corrected chi connectivity index (χ4v) is 3.24. The number of hydrogen-bond donors (Lipinski definition) is 1. The smallest absolute Gasteiger partial charge is 0.189 e. The van der Waals surface area contributed by atoms with Gasteiger partial charge in [0.05, 0.1) is 17.1 Å². The topological polar surface area (TPSA) is 73.3 Å². The average molecular weight is 316 g/mol. The van der Waals surface area contributed by atoms with Gasteiger partial charge in [0.15, 0.2) is 11.6 Å². The van der Waals surface area contributed by atoms with Crippen LogP contribution in [-0.2, 0) is 0 Å². The maximum Gasteiger partial charge on any atom is 0.189 e. The Morgan fingerprint density at radius 2 is 2.27 bits per heavy atom. The van der Waals surface area contributed by atoms with Crippen molar-refractivity contribution in [1.82, 2.24) is 14.4 Å². The van der Waals surface area contributed by atoms with Gasteiger partial charge in [-0.05, 0) is 25.5 Å². The summed E-state index contributed by atoms with van der Waals surface area (Å²) in [6, 6.07) is 3.69. The third-order valence-corrected chi connectivity index (χ3v) is 4.70. The highest BCUT2D eigenvalue weighted by atomic mass is 32.1. The molecule has 0 spiro atoms. The first-order valence-corrected chi connectivity index (χ1v) is 7.80. The van der Waals surface area contributed by atoms with E-state index in [4.69, 9.17) is 5.73 Å². The number of hydrogen-bond acceptors (Lipinski definition) is 5. The minimum atomic E-state index is -1.05. The van der Waals surface area contributed by atoms with Gasteiger partial charge in [0.2, 0.25) is 0 Å². The quantitative estimate of drug-likeness (QED) is 0.754. The molecule has 3 heterocycles. The Hall–Kier alpha value is -2.28. The third kappa shape index (κ3) is 1.93. The maximum absolute atomic E-state index is 13.2. The van der Waals surface area contributed by atoms with Crippen LogP contribution in [0.15, 0.2) is 23.8 Å². The van der Waals surface area contributed by atoms with Crippen LogP contribution < -0.4 is 5.73 Å². The molecule has 112 valence electrons. The Bertz CT molecular complexity index is 900. The summed E-state index contributed by atoms with van der Waals surface area (Å²) in [6.07, 6.45) is 1.02. The van der Waals surface area contributed by atoms with E-state index in [0.29, 0.717) is 5.65 Å². The third-order valence-electron chi connectivity index (χ3n) is 3.95. The fourth-order valence-electron chi connectivity index (χ4n) is 2.64. The predicted octanol–water partition coefficient (Wildman–Crippen LogP) is 2.89. The minimum absolute atomic E-state index is 0.149. The number of imidazole rings is 1. The average Bonchev–Trinajstić information content (AvgIpc) is 2.91. The maximum atomic E-state index is 13.2. The van der Waals surface area contributed by atoms with Crippen LogP contribution in [0.3, 0.4) is 0 Å². The molecular formula is C15H13FN4OS. The van der Waals surface area contributed by atoms with Crippen LogP contribution in [0, 0.1) is 12.8 Å². The monoisotopic (exact) mass is 316 g/mol. The molecular weight excluding hydrogens is 303 g/mol. The zero-order valence-electron chi connectivity index (χ0n) is 11.8. The molecule has 0 radical (unpaired) electrons. The molecule has 3 aromatic rings. The minimum Gasteiger partial charge on any atom is -0.382 e. The highest BCUT2D eigenvalue weighted by Crippen LogP contribution is 2.38. The van der Waals surface area contributed by atoms with E-state index in [1.165, 1.54) is 0 Å². The molecule has 0 saturated heterocycles. The Morgan fingerprint density at radius 1 is 1.50 bits per heavy atom. The van der Waals surface area contributed by atoms with Crippen LogP contribution in [0.2, 0.25) is 0 Å². The van der Waals surface area contributed by atoms with Gasteiger partial charge >= 0.3 is 0 Å². The highest BCUT2D eigenvalue weighted by molar-refractivity contribution is 7.10. The number of Topliss-reactive ketones (excluding diaryl/α,β-unsaturated/α-hetero) is 1. The first-order chi connectivity index (χ1) is 10.6. The summed E-state index contributed by atoms with van der Waals surface area (Å²) in [5.74, 6) is -0.701. The summed E-state index contributed by atoms with van der Waals surface area (Å²) in [4.78, 5) is 22.0. The molecule has 1 fully saturated rings. The van der Waals surface area contributed by atoms with E-state index in [1.807, 2.05) is 13.0 Å². The molecule has 0 amide bonds. The summed E-state index contributed by atoms with van der Waals surface area (Å²) in [5.41, 5.74) is 10.3. The van der Waals surface area contributed by atoms with Gasteiger partial charge < -0.3 is 5.73 Å². The Balaban J connectivity index is 1.88. The van der Waals surface area contributed by atoms with Crippen LogP contribution in [0.25, 0.3) is 16.9 Å². The number of aryl methyl sites for hydroxylation is 1. The number of rotatable bonds is 3. The Kier molecular flexibility index (Phi) is 2.80. The van der Waals surface area contributed by atoms with Crippen molar-refractivity contribution in [3.63, 3.8) is 0 Å². The van der Waals surface area contributed by atoms with Crippen molar-refractivity contribution in [3.05, 3.63) is 34.4 Å². The lowest BCUT2D eigenvalue weighted by Gasteiger charge is -2.04. The van der Waals surface area contributed by atoms with E-state index in [0.717, 1.165) is 16.1 Å². The second-order valence-corrected chi connectivity index (χ2v) is 6.53. The van der Waals surface area contributed by atoms with E-state index < -0.39 is 12.1 Å². The number of ketones is 1. The van der Waals surface area contributed by atoms with E-state index in [9.17, 15) is 9.18 Å². The summed E-state index contributed by atoms with van der Waals surface area (Å²) in [7, 11) is 0. The van der Waals surface area contributed by atoms with Gasteiger partial charge in [0.1, 0.15) is 17.5 Å². The van der Waals surface area contributed by atoms with Crippen LogP contribution in [-0.4, -0.2) is 26.3 Å². The van der Waals surface area contributed by atoms with Crippen molar-refractivity contribution in [2.24, 2.45) is 5.92 Å². The van der Waals surface area contributed by atoms with Gasteiger partial charge in [-0.25, -0.2) is 14.4 Å². The molecule has 4 rings (SSSR count). The lowest BCUT2D eigenvalue weighted by atomic mass is 10.1. The van der Waals surface area contributed by atoms with Crippen molar-refractivity contribution in [1.29, 1.82) is 0 Å². The number of aromatic nitrogens is 3. The molecule has 0 aromatic carbocycles. The lowest BCUT2D eigenvalue weighted by molar-refractivity contribution is 0.0952. The van der Waals surface area contributed by atoms with Crippen LogP contribution >= 0.6 is 11.3 Å². The van der Waals surface area contributed by atoms with Crippen LogP contribution in [0.1, 0.15) is 21.8 Å². The molecule has 22 heavy (non-hydrogen) atoms. The van der Waals surface area contributed by atoms with Crippen LogP contribution in [0.5, 0.6) is 0 Å². The Labute approximate surface area is 129 Å². The molecule has 2 atom stereocenters. The number of halogens is 1. The number of thiazole rings is 1. The van der Waals surface area contributed by atoms with Crippen molar-refractivity contribution >= 4 is 28.6 Å². The molecule has 3 aromatic heterocycles. The van der Waals surface area contributed by atoms with Crippen LogP contribution in [0.4, 0.5) is 10.2 Å². The summed E-state index contributed by atoms with van der Waals surface area (Å²) >= 11 is 1.56. The number of nitrogens with zero attached hydrogens (tertiary/aromatic N) is 3. The molecule has 0 aliphatic heterocycles. The summed E-state index contributed by atoms with van der Waals surface area (Å²) in [6.45, 7) is 1.99. The van der Waals surface area contributed by atoms with Crippen molar-refractivity contribution in [2.75, 3.05) is 5.73 Å². The molecule has 2 N–H and O–H groups in total. The molecule has 1 saturated carbocycles. The van der Waals surface area contributed by atoms with Gasteiger partial charge in [-0.2, -0.15) is 0 Å². The van der Waals surface area contributed by atoms with Gasteiger partial charge in [0.25, 0.3) is 0 Å². The first-order valence-electron chi connectivity index (χ1n) is 6.92. The largest absolute Gasteiger partial charge is 0.382 e. The van der Waals surface area contributed by atoms with Gasteiger partial charge in [0, 0.05) is 16.6 Å². The van der Waals surface area contributed by atoms with Crippen molar-refractivity contribution < 1.29 is 9.18 Å². The highest BCUT2D eigenvalue weighted by Gasteiger charge is 2.45. The number of fused-ring (bicyclic) bond motifs is 1. The van der Waals surface area contributed by atoms with E-state index in [-0.39, 0.29) is 23.7 Å². The van der Waals surface area contributed by atoms with E-state index >= 15 is 0 Å². The number of anilines is 1. The number of nitrogen functional groups attached to an aromatic ring is 1. The Morgan fingerprint density at radius 3 is 2.91 bits per heavy atom. The SMILES string of the molecule is Cc1scnc1-c1ccc2nc(N)c(C(=O)[C@@H]3C[C@@H]3F)n2c1. The lowest BCUT2D eigenvalue weighted by Crippen LogP contribution is -2.10. The zero-order chi connectivity index (χ0) is 15.4. The summed E-state index contributed by atoms with van der Waals surface area (Å²) < 4.78 is 14.9. The molecule has 5 nitrogen and oxygen atoms in total. The number of nitrogens with two attached hydrogens (primary N) is 1. The molecule has 0 bridgehead atoms. The molecule has 1 aliphatic rings. The number of carbonyl (C=O) groups excluding carboxylic acids is 1. The van der Waals surface area contributed by atoms with Gasteiger partial charge in [-0.1, -0.05) is 0 Å². The van der Waals surface area contributed by atoms with Crippen molar-refractivity contribution in [3.8, 4) is 11.3 Å². The standard InChI is InChI=1S/C15H13FN4OS/c1-7-12(18-6-22-7)8-2-3-11-19-15(17)13(20(11)5-8)14(21)9-4-10(9)16/h2-3,5-6,9-10H,4,17H2,1H3/t9-,10+/m1/s1. The van der Waals surface area contributed by atoms with Gasteiger partial charge in [-0.3, -0.25) is 9.20 Å². The number of pyridine rings is 1. The molecule has 7 heteroatoms.